The Labute approximate surface area is 60.9 Å². The van der Waals surface area contributed by atoms with Crippen molar-refractivity contribution in [1.82, 2.24) is 0 Å². The van der Waals surface area contributed by atoms with Crippen LogP contribution in [-0.4, -0.2) is 5.07 Å². The van der Waals surface area contributed by atoms with Crippen molar-refractivity contribution in [2.45, 2.75) is 0 Å². The molecule has 1 nitrogen and oxygen atoms in total. The number of halogens is 3. The van der Waals surface area contributed by atoms with Gasteiger partial charge in [0.05, 0.1) is 5.07 Å². The second kappa shape index (κ2) is 2.85. The third-order valence-electron chi connectivity index (χ3n) is 0.139. The van der Waals surface area contributed by atoms with Gasteiger partial charge in [-0.2, -0.15) is 0 Å². The van der Waals surface area contributed by atoms with Gasteiger partial charge in [0.2, 0.25) is 4.55 Å². The molecule has 0 aliphatic rings. The van der Waals surface area contributed by atoms with Gasteiger partial charge in [-0.3, -0.25) is 4.57 Å². The number of alkyl halides is 1. The third kappa shape index (κ3) is 5.67. The molecule has 0 saturated heterocycles. The quantitative estimate of drug-likeness (QED) is 0.536. The standard InChI is InChI=1S/CH2Br3OP/c2-1-6(3,4)5/h1H2. The van der Waals surface area contributed by atoms with Gasteiger partial charge in [-0.05, 0) is 31.0 Å². The summed E-state index contributed by atoms with van der Waals surface area (Å²) in [5, 5.41) is 0.472. The fraction of sp³-hybridized carbons (Fsp3) is 1.00. The highest BCUT2D eigenvalue weighted by Gasteiger charge is 2.06. The van der Waals surface area contributed by atoms with Crippen molar-refractivity contribution >= 4 is 51.5 Å². The van der Waals surface area contributed by atoms with E-state index in [2.05, 4.69) is 46.9 Å². The van der Waals surface area contributed by atoms with Crippen molar-refractivity contribution in [2.24, 2.45) is 0 Å². The normalized spacial score (nSPS) is 11.8. The molecule has 0 aliphatic carbocycles. The Kier molecular flexibility index (Phi) is 3.65. The molecule has 0 rings (SSSR count). The van der Waals surface area contributed by atoms with E-state index in [1.165, 1.54) is 0 Å². The van der Waals surface area contributed by atoms with E-state index in [0.29, 0.717) is 5.07 Å². The summed E-state index contributed by atoms with van der Waals surface area (Å²) in [4.78, 5) is 0. The topological polar surface area (TPSA) is 17.1 Å². The first-order valence-corrected chi connectivity index (χ1v) is 8.15. The Morgan fingerprint density at radius 1 is 1.50 bits per heavy atom. The lowest BCUT2D eigenvalue weighted by atomic mass is 11.9. The van der Waals surface area contributed by atoms with Crippen LogP contribution in [0.15, 0.2) is 0 Å². The zero-order valence-electron chi connectivity index (χ0n) is 2.70. The summed E-state index contributed by atoms with van der Waals surface area (Å²) in [5.41, 5.74) is 0. The van der Waals surface area contributed by atoms with Crippen LogP contribution in [-0.2, 0) is 4.57 Å². The molecule has 0 spiro atoms. The summed E-state index contributed by atoms with van der Waals surface area (Å²) in [6.45, 7) is 0. The van der Waals surface area contributed by atoms with Gasteiger partial charge < -0.3 is 0 Å². The van der Waals surface area contributed by atoms with Gasteiger partial charge in [-0.25, -0.2) is 0 Å². The Morgan fingerprint density at radius 2 is 1.67 bits per heavy atom. The smallest absolute Gasteiger partial charge is 0.218 e. The zero-order valence-corrected chi connectivity index (χ0v) is 8.35. The summed E-state index contributed by atoms with van der Waals surface area (Å²) in [6, 6.07) is 0. The predicted octanol–water partition coefficient (Wildman–Crippen LogP) is 3.32. The van der Waals surface area contributed by atoms with Crippen molar-refractivity contribution < 1.29 is 4.57 Å². The van der Waals surface area contributed by atoms with E-state index in [4.69, 9.17) is 0 Å². The van der Waals surface area contributed by atoms with Gasteiger partial charge in [-0.1, -0.05) is 15.9 Å². The van der Waals surface area contributed by atoms with E-state index < -0.39 is 4.55 Å². The zero-order chi connectivity index (χ0) is 5.21. The minimum atomic E-state index is -2.10. The molecule has 0 fully saturated rings. The lowest BCUT2D eigenvalue weighted by Gasteiger charge is -1.88. The molecule has 0 saturated carbocycles. The average molecular weight is 301 g/mol. The molecule has 0 aromatic carbocycles. The lowest BCUT2D eigenvalue weighted by Crippen LogP contribution is -1.50. The highest BCUT2D eigenvalue weighted by molar-refractivity contribution is 9.71. The van der Waals surface area contributed by atoms with Gasteiger partial charge in [0, 0.05) is 0 Å². The monoisotopic (exact) mass is 298 g/mol. The van der Waals surface area contributed by atoms with Crippen molar-refractivity contribution in [1.29, 1.82) is 0 Å². The van der Waals surface area contributed by atoms with Crippen LogP contribution in [0.25, 0.3) is 0 Å². The van der Waals surface area contributed by atoms with Gasteiger partial charge in [0.25, 0.3) is 0 Å². The Hall–Kier alpha value is 1.67. The van der Waals surface area contributed by atoms with Crippen molar-refractivity contribution in [3.05, 3.63) is 0 Å². The van der Waals surface area contributed by atoms with E-state index in [0.717, 1.165) is 0 Å². The largest absolute Gasteiger partial charge is 0.299 e. The maximum absolute atomic E-state index is 10.4. The molecule has 0 unspecified atom stereocenters. The third-order valence-corrected chi connectivity index (χ3v) is 8.08. The minimum Gasteiger partial charge on any atom is -0.299 e. The maximum atomic E-state index is 10.4. The summed E-state index contributed by atoms with van der Waals surface area (Å²) >= 11 is 8.82. The lowest BCUT2D eigenvalue weighted by molar-refractivity contribution is 0.597. The molecule has 0 heterocycles. The highest BCUT2D eigenvalue weighted by atomic mass is 79.9. The maximum Gasteiger partial charge on any atom is 0.218 e. The first-order chi connectivity index (χ1) is 2.56. The molecule has 38 valence electrons. The molecule has 0 bridgehead atoms. The molecule has 0 aromatic rings. The van der Waals surface area contributed by atoms with E-state index in [9.17, 15) is 4.57 Å². The summed E-state index contributed by atoms with van der Waals surface area (Å²) in [5.74, 6) is 0. The van der Waals surface area contributed by atoms with Crippen LogP contribution in [0.2, 0.25) is 0 Å². The summed E-state index contributed by atoms with van der Waals surface area (Å²) < 4.78 is 8.26. The minimum absolute atomic E-state index is 0.472. The molecule has 0 atom stereocenters. The molecule has 0 aliphatic heterocycles. The molecule has 0 N–H and O–H groups in total. The van der Waals surface area contributed by atoms with Crippen LogP contribution < -0.4 is 0 Å². The molecular weight excluding hydrogens is 299 g/mol. The summed E-state index contributed by atoms with van der Waals surface area (Å²) in [7, 11) is 0. The number of rotatable bonds is 1. The molecular formula is CH2Br3OP. The first kappa shape index (κ1) is 7.67. The molecule has 6 heavy (non-hydrogen) atoms. The van der Waals surface area contributed by atoms with Crippen LogP contribution in [0.5, 0.6) is 0 Å². The van der Waals surface area contributed by atoms with Gasteiger partial charge in [-0.15, -0.1) is 0 Å². The Balaban J connectivity index is 3.48. The fourth-order valence-electron chi connectivity index (χ4n) is 0. The number of hydrogen-bond donors (Lipinski definition) is 0. The second-order valence-corrected chi connectivity index (χ2v) is 13.3. The SMILES string of the molecule is O=P(Br)(Br)CBr. The average Bonchev–Trinajstić information content (AvgIpc) is 1.35. The van der Waals surface area contributed by atoms with Gasteiger partial charge in [0.1, 0.15) is 0 Å². The van der Waals surface area contributed by atoms with Crippen molar-refractivity contribution in [3.63, 3.8) is 0 Å². The fourth-order valence-corrected chi connectivity index (χ4v) is 0. The predicted molar refractivity (Wildman–Crippen MR) is 39.3 cm³/mol. The molecule has 0 aromatic heterocycles. The van der Waals surface area contributed by atoms with Crippen LogP contribution in [0.1, 0.15) is 0 Å². The highest BCUT2D eigenvalue weighted by Crippen LogP contribution is 2.62. The van der Waals surface area contributed by atoms with E-state index >= 15 is 0 Å². The van der Waals surface area contributed by atoms with Crippen LogP contribution in [0.4, 0.5) is 0 Å². The van der Waals surface area contributed by atoms with Gasteiger partial charge in [0.15, 0.2) is 0 Å². The molecule has 5 heteroatoms. The van der Waals surface area contributed by atoms with Crippen molar-refractivity contribution in [3.8, 4) is 0 Å². The van der Waals surface area contributed by atoms with Crippen molar-refractivity contribution in [2.75, 3.05) is 5.07 Å². The second-order valence-electron chi connectivity index (χ2n) is 0.690. The van der Waals surface area contributed by atoms with E-state index in [1.54, 1.807) is 0 Å². The Morgan fingerprint density at radius 3 is 1.67 bits per heavy atom. The van der Waals surface area contributed by atoms with Gasteiger partial charge >= 0.3 is 0 Å². The molecule has 0 radical (unpaired) electrons. The number of hydrogen-bond acceptors (Lipinski definition) is 1. The molecule has 0 amide bonds. The van der Waals surface area contributed by atoms with Crippen LogP contribution in [0.3, 0.4) is 0 Å². The van der Waals surface area contributed by atoms with E-state index in [-0.39, 0.29) is 0 Å². The summed E-state index contributed by atoms with van der Waals surface area (Å²) in [6.07, 6.45) is 0. The van der Waals surface area contributed by atoms with Crippen LogP contribution >= 0.6 is 51.5 Å². The Bertz CT molecular complexity index is 74.9. The first-order valence-electron chi connectivity index (χ1n) is 1.10. The van der Waals surface area contributed by atoms with Crippen LogP contribution in [0, 0.1) is 0 Å². The van der Waals surface area contributed by atoms with E-state index in [1.807, 2.05) is 0 Å².